The van der Waals surface area contributed by atoms with Gasteiger partial charge >= 0.3 is 7.82 Å². The summed E-state index contributed by atoms with van der Waals surface area (Å²) in [6.45, 7) is 4.74. The Morgan fingerprint density at radius 3 is 1.37 bits per heavy atom. The normalized spacial score (nSPS) is 14.5. The highest BCUT2D eigenvalue weighted by molar-refractivity contribution is 7.47. The summed E-state index contributed by atoms with van der Waals surface area (Å²) in [4.78, 5) is 23.2. The van der Waals surface area contributed by atoms with Crippen LogP contribution in [0, 0.1) is 0 Å². The Kier molecular flexibility index (Phi) is 46.0. The Labute approximate surface area is 402 Å². The van der Waals surface area contributed by atoms with E-state index in [-0.39, 0.29) is 19.1 Å². The molecule has 380 valence electrons. The molecule has 0 saturated heterocycles. The van der Waals surface area contributed by atoms with E-state index in [0.717, 1.165) is 70.6 Å². The number of aliphatic hydroxyl groups excluding tert-OH is 1. The zero-order chi connectivity index (χ0) is 47.8. The topological polar surface area (TPSA) is 105 Å². The standard InChI is InChI=1S/C56H105N2O6P/c1-6-8-10-12-14-16-18-20-22-23-24-25-26-27-28-29-30-31-32-33-34-35-36-37-39-41-43-45-47-49-55(59)54(53-64-65(61,62)63-52-51-58(3,4)5)57-56(60)50-48-46-44-42-40-38-21-19-17-15-13-11-9-7-2/h13,15,19,21,34-35,39,41,47,49,54-55,59H,6-12,14,16-18,20,22-33,36-38,40,42-46,48,50-53H2,1-5H3,(H-,57,60,61,62)/p+1/b15-13-,21-19-,35-34+,41-39+,49-47+. The van der Waals surface area contributed by atoms with Gasteiger partial charge in [0.25, 0.3) is 0 Å². The average molecular weight is 934 g/mol. The third kappa shape index (κ3) is 49.9. The highest BCUT2D eigenvalue weighted by Crippen LogP contribution is 2.43. The van der Waals surface area contributed by atoms with Gasteiger partial charge in [0.15, 0.2) is 0 Å². The lowest BCUT2D eigenvalue weighted by atomic mass is 10.0. The second-order valence-electron chi connectivity index (χ2n) is 19.6. The van der Waals surface area contributed by atoms with Gasteiger partial charge in [0.05, 0.1) is 39.9 Å². The molecule has 0 bridgehead atoms. The fourth-order valence-electron chi connectivity index (χ4n) is 7.62. The molecule has 3 atom stereocenters. The number of aliphatic hydroxyl groups is 1. The van der Waals surface area contributed by atoms with E-state index in [2.05, 4.69) is 67.8 Å². The number of amides is 1. The van der Waals surface area contributed by atoms with E-state index in [1.807, 2.05) is 27.2 Å². The number of hydrogen-bond donors (Lipinski definition) is 3. The second-order valence-corrected chi connectivity index (χ2v) is 21.0. The summed E-state index contributed by atoms with van der Waals surface area (Å²) in [5.41, 5.74) is 0. The molecule has 0 rings (SSSR count). The first-order valence-electron chi connectivity index (χ1n) is 27.2. The van der Waals surface area contributed by atoms with Crippen molar-refractivity contribution in [2.45, 2.75) is 251 Å². The van der Waals surface area contributed by atoms with Crippen molar-refractivity contribution in [3.05, 3.63) is 60.8 Å². The summed E-state index contributed by atoms with van der Waals surface area (Å²) in [5.74, 6) is -0.206. The van der Waals surface area contributed by atoms with Gasteiger partial charge in [0.2, 0.25) is 5.91 Å². The number of allylic oxidation sites excluding steroid dienone is 9. The van der Waals surface area contributed by atoms with Gasteiger partial charge in [-0.05, 0) is 70.6 Å². The van der Waals surface area contributed by atoms with E-state index >= 15 is 0 Å². The van der Waals surface area contributed by atoms with Crippen LogP contribution in [0.15, 0.2) is 60.8 Å². The number of phosphoric ester groups is 1. The fourth-order valence-corrected chi connectivity index (χ4v) is 8.36. The van der Waals surface area contributed by atoms with Crippen molar-refractivity contribution >= 4 is 13.7 Å². The average Bonchev–Trinajstić information content (AvgIpc) is 3.26. The summed E-state index contributed by atoms with van der Waals surface area (Å²) in [5, 5.41) is 13.9. The van der Waals surface area contributed by atoms with E-state index in [1.54, 1.807) is 6.08 Å². The molecule has 0 radical (unpaired) electrons. The lowest BCUT2D eigenvalue weighted by molar-refractivity contribution is -0.870. The summed E-state index contributed by atoms with van der Waals surface area (Å²) in [6, 6.07) is -0.879. The highest BCUT2D eigenvalue weighted by atomic mass is 31.2. The molecular formula is C56H106N2O6P+. The van der Waals surface area contributed by atoms with Crippen molar-refractivity contribution in [3.63, 3.8) is 0 Å². The molecule has 1 amide bonds. The van der Waals surface area contributed by atoms with Gasteiger partial charge in [-0.15, -0.1) is 0 Å². The van der Waals surface area contributed by atoms with Crippen LogP contribution in [-0.2, 0) is 18.4 Å². The predicted molar refractivity (Wildman–Crippen MR) is 281 cm³/mol. The summed E-state index contributed by atoms with van der Waals surface area (Å²) >= 11 is 0. The molecule has 0 aliphatic rings. The number of nitrogens with one attached hydrogen (secondary N) is 1. The number of unbranched alkanes of at least 4 members (excludes halogenated alkanes) is 28. The minimum atomic E-state index is -4.36. The maximum atomic E-state index is 12.9. The van der Waals surface area contributed by atoms with Gasteiger partial charge in [0, 0.05) is 6.42 Å². The Hall–Kier alpha value is -1.80. The summed E-state index contributed by atoms with van der Waals surface area (Å²) < 4.78 is 23.6. The largest absolute Gasteiger partial charge is 0.472 e. The Morgan fingerprint density at radius 1 is 0.523 bits per heavy atom. The molecule has 8 nitrogen and oxygen atoms in total. The Balaban J connectivity index is 4.26. The minimum absolute atomic E-state index is 0.0486. The van der Waals surface area contributed by atoms with Gasteiger partial charge in [-0.1, -0.05) is 222 Å². The number of carbonyl (C=O) groups excluding carboxylic acids is 1. The van der Waals surface area contributed by atoms with Gasteiger partial charge in [-0.3, -0.25) is 13.8 Å². The maximum Gasteiger partial charge on any atom is 0.472 e. The van der Waals surface area contributed by atoms with Crippen molar-refractivity contribution in [2.75, 3.05) is 40.9 Å². The lowest BCUT2D eigenvalue weighted by Crippen LogP contribution is -2.45. The molecule has 0 aromatic heterocycles. The van der Waals surface area contributed by atoms with Gasteiger partial charge in [-0.25, -0.2) is 4.57 Å². The Bertz CT molecular complexity index is 1240. The van der Waals surface area contributed by atoms with Crippen LogP contribution in [-0.4, -0.2) is 73.4 Å². The van der Waals surface area contributed by atoms with Crippen LogP contribution >= 0.6 is 7.82 Å². The van der Waals surface area contributed by atoms with Crippen LogP contribution in [0.25, 0.3) is 0 Å². The minimum Gasteiger partial charge on any atom is -0.387 e. The molecule has 0 aliphatic carbocycles. The zero-order valence-electron chi connectivity index (χ0n) is 43.2. The monoisotopic (exact) mass is 934 g/mol. The van der Waals surface area contributed by atoms with Crippen LogP contribution in [0.1, 0.15) is 239 Å². The number of rotatable bonds is 49. The molecular weight excluding hydrogens is 828 g/mol. The smallest absolute Gasteiger partial charge is 0.387 e. The Morgan fingerprint density at radius 2 is 0.908 bits per heavy atom. The van der Waals surface area contributed by atoms with Crippen molar-refractivity contribution < 1.29 is 32.9 Å². The van der Waals surface area contributed by atoms with E-state index in [0.29, 0.717) is 17.4 Å². The van der Waals surface area contributed by atoms with Crippen molar-refractivity contribution in [2.24, 2.45) is 0 Å². The number of nitrogens with zero attached hydrogens (tertiary/aromatic N) is 1. The molecule has 0 aromatic carbocycles. The zero-order valence-corrected chi connectivity index (χ0v) is 44.1. The maximum absolute atomic E-state index is 12.9. The van der Waals surface area contributed by atoms with Gasteiger partial charge in [-0.2, -0.15) is 0 Å². The van der Waals surface area contributed by atoms with Crippen molar-refractivity contribution in [1.82, 2.24) is 5.32 Å². The van der Waals surface area contributed by atoms with E-state index in [9.17, 15) is 19.4 Å². The number of quaternary nitrogens is 1. The molecule has 3 unspecified atom stereocenters. The molecule has 0 aromatic rings. The second kappa shape index (κ2) is 47.3. The van der Waals surface area contributed by atoms with E-state index < -0.39 is 20.0 Å². The molecule has 0 heterocycles. The van der Waals surface area contributed by atoms with Crippen LogP contribution < -0.4 is 5.32 Å². The first kappa shape index (κ1) is 63.2. The van der Waals surface area contributed by atoms with Crippen LogP contribution in [0.5, 0.6) is 0 Å². The molecule has 0 spiro atoms. The van der Waals surface area contributed by atoms with Crippen LogP contribution in [0.3, 0.4) is 0 Å². The molecule has 9 heteroatoms. The van der Waals surface area contributed by atoms with Gasteiger partial charge in [0.1, 0.15) is 13.2 Å². The summed E-state index contributed by atoms with van der Waals surface area (Å²) in [6.07, 6.45) is 63.3. The first-order chi connectivity index (χ1) is 31.5. The van der Waals surface area contributed by atoms with Crippen molar-refractivity contribution in [1.29, 1.82) is 0 Å². The predicted octanol–water partition coefficient (Wildman–Crippen LogP) is 16.1. The third-order valence-corrected chi connectivity index (χ3v) is 12.9. The molecule has 0 saturated carbocycles. The molecule has 65 heavy (non-hydrogen) atoms. The SMILES string of the molecule is CCCC/C=C\C/C=C\CCCCCCCC(=O)NC(COP(=O)(O)OCC[N+](C)(C)C)C(O)/C=C/CC/C=C/CC/C=C/CCCCCCCCCCCCCCCCCCCCC. The molecule has 0 fully saturated rings. The first-order valence-corrected chi connectivity index (χ1v) is 28.7. The number of hydrogen-bond acceptors (Lipinski definition) is 5. The van der Waals surface area contributed by atoms with Crippen LogP contribution in [0.4, 0.5) is 0 Å². The van der Waals surface area contributed by atoms with E-state index in [4.69, 9.17) is 9.05 Å². The van der Waals surface area contributed by atoms with Crippen molar-refractivity contribution in [3.8, 4) is 0 Å². The quantitative estimate of drug-likeness (QED) is 0.0243. The lowest BCUT2D eigenvalue weighted by Gasteiger charge is -2.25. The highest BCUT2D eigenvalue weighted by Gasteiger charge is 2.27. The molecule has 3 N–H and O–H groups in total. The van der Waals surface area contributed by atoms with Crippen LogP contribution in [0.2, 0.25) is 0 Å². The van der Waals surface area contributed by atoms with Gasteiger partial charge < -0.3 is 19.8 Å². The fraction of sp³-hybridized carbons (Fsp3) is 0.804. The molecule has 0 aliphatic heterocycles. The van der Waals surface area contributed by atoms with E-state index in [1.165, 1.54) is 148 Å². The number of phosphoric acid groups is 1. The number of likely N-dealkylation sites (N-methyl/N-ethyl adjacent to an activating group) is 1. The number of carbonyl (C=O) groups is 1. The summed E-state index contributed by atoms with van der Waals surface area (Å²) in [7, 11) is 1.53. The third-order valence-electron chi connectivity index (χ3n) is 11.9.